The lowest BCUT2D eigenvalue weighted by atomic mass is 9.84. The van der Waals surface area contributed by atoms with E-state index in [1.807, 2.05) is 39.2 Å². The zero-order valence-electron chi connectivity index (χ0n) is 17.7. The van der Waals surface area contributed by atoms with Gasteiger partial charge in [0.15, 0.2) is 0 Å². The highest BCUT2D eigenvalue weighted by atomic mass is 16.5. The number of methoxy groups -OCH3 is 1. The molecule has 1 aliphatic heterocycles. The van der Waals surface area contributed by atoms with E-state index < -0.39 is 0 Å². The van der Waals surface area contributed by atoms with Crippen LogP contribution in [0.5, 0.6) is 0 Å². The van der Waals surface area contributed by atoms with Crippen LogP contribution in [0.4, 0.5) is 5.82 Å². The average molecular weight is 401 g/mol. The lowest BCUT2D eigenvalue weighted by Gasteiger charge is -2.23. The standard InChI is InChI=1S/C23H23N5O2/c1-11-10-24-7-6-15(11)22-21-16-9-19(29-5)17(20-12(2)28-30-13(20)3)8-18(16)27-23(21)26-14(4)25-22/h6-8,10,16H,9H2,1-5H3,(H,25,26,27). The first-order valence-corrected chi connectivity index (χ1v) is 9.96. The van der Waals surface area contributed by atoms with Gasteiger partial charge in [0.2, 0.25) is 0 Å². The fraction of sp³-hybridized carbons (Fsp3) is 0.304. The van der Waals surface area contributed by atoms with Crippen LogP contribution in [0.1, 0.15) is 46.3 Å². The van der Waals surface area contributed by atoms with E-state index in [4.69, 9.17) is 19.2 Å². The monoisotopic (exact) mass is 401 g/mol. The normalized spacial score (nSPS) is 17.4. The molecule has 5 rings (SSSR count). The number of rotatable bonds is 3. The summed E-state index contributed by atoms with van der Waals surface area (Å²) in [5.74, 6) is 3.39. The first kappa shape index (κ1) is 18.5. The predicted octanol–water partition coefficient (Wildman–Crippen LogP) is 4.61. The molecule has 1 unspecified atom stereocenters. The number of aryl methyl sites for hydroxylation is 4. The van der Waals surface area contributed by atoms with Crippen LogP contribution < -0.4 is 5.32 Å². The van der Waals surface area contributed by atoms with Crippen molar-refractivity contribution in [2.24, 2.45) is 0 Å². The van der Waals surface area contributed by atoms with Gasteiger partial charge in [-0.05, 0) is 45.4 Å². The molecule has 7 heteroatoms. The molecule has 1 N–H and O–H groups in total. The van der Waals surface area contributed by atoms with E-state index in [0.717, 1.165) is 68.1 Å². The summed E-state index contributed by atoms with van der Waals surface area (Å²) in [6, 6.07) is 2.02. The van der Waals surface area contributed by atoms with Crippen molar-refractivity contribution < 1.29 is 9.26 Å². The number of fused-ring (bicyclic) bond motifs is 3. The number of pyridine rings is 1. The molecule has 0 bridgehead atoms. The first-order valence-electron chi connectivity index (χ1n) is 9.96. The van der Waals surface area contributed by atoms with Crippen LogP contribution in [0.15, 0.2) is 40.5 Å². The molecule has 0 saturated carbocycles. The molecular weight excluding hydrogens is 378 g/mol. The highest BCUT2D eigenvalue weighted by Gasteiger charge is 2.37. The summed E-state index contributed by atoms with van der Waals surface area (Å²) in [6.45, 7) is 7.86. The topological polar surface area (TPSA) is 86.0 Å². The zero-order valence-corrected chi connectivity index (χ0v) is 17.7. The third kappa shape index (κ3) is 2.73. The SMILES string of the molecule is COC1=C(c2c(C)noc2C)C=C2Nc3nc(C)nc(-c4ccncc4C)c3C2C1. The summed E-state index contributed by atoms with van der Waals surface area (Å²) >= 11 is 0. The summed E-state index contributed by atoms with van der Waals surface area (Å²) < 4.78 is 11.2. The number of nitrogens with one attached hydrogen (secondary N) is 1. The molecule has 3 aromatic rings. The Morgan fingerprint density at radius 1 is 1.17 bits per heavy atom. The van der Waals surface area contributed by atoms with Gasteiger partial charge in [-0.15, -0.1) is 0 Å². The van der Waals surface area contributed by atoms with Gasteiger partial charge in [0, 0.05) is 47.1 Å². The fourth-order valence-electron chi connectivity index (χ4n) is 4.48. The number of hydrogen-bond donors (Lipinski definition) is 1. The quantitative estimate of drug-likeness (QED) is 0.685. The van der Waals surface area contributed by atoms with Crippen molar-refractivity contribution in [2.75, 3.05) is 12.4 Å². The van der Waals surface area contributed by atoms with Gasteiger partial charge in [-0.2, -0.15) is 0 Å². The Kier molecular flexibility index (Phi) is 4.20. The molecular formula is C23H23N5O2. The fourth-order valence-corrected chi connectivity index (χ4v) is 4.48. The van der Waals surface area contributed by atoms with Crippen LogP contribution in [-0.4, -0.2) is 27.2 Å². The molecule has 30 heavy (non-hydrogen) atoms. The van der Waals surface area contributed by atoms with E-state index in [0.29, 0.717) is 6.42 Å². The highest BCUT2D eigenvalue weighted by Crippen LogP contribution is 2.50. The van der Waals surface area contributed by atoms with E-state index in [1.54, 1.807) is 7.11 Å². The minimum absolute atomic E-state index is 0.0994. The molecule has 2 aliphatic rings. The van der Waals surface area contributed by atoms with Gasteiger partial charge in [0.1, 0.15) is 23.2 Å². The minimum Gasteiger partial charge on any atom is -0.500 e. The summed E-state index contributed by atoms with van der Waals surface area (Å²) in [5, 5.41) is 7.65. The van der Waals surface area contributed by atoms with Crippen molar-refractivity contribution in [3.05, 3.63) is 70.0 Å². The van der Waals surface area contributed by atoms with Crippen LogP contribution in [0, 0.1) is 27.7 Å². The Balaban J connectivity index is 1.67. The van der Waals surface area contributed by atoms with Crippen LogP contribution in [0.25, 0.3) is 16.8 Å². The molecule has 1 aliphatic carbocycles. The molecule has 0 fully saturated rings. The van der Waals surface area contributed by atoms with Crippen molar-refractivity contribution >= 4 is 11.4 Å². The molecule has 0 saturated heterocycles. The predicted molar refractivity (Wildman–Crippen MR) is 114 cm³/mol. The van der Waals surface area contributed by atoms with Gasteiger partial charge in [-0.1, -0.05) is 5.16 Å². The second-order valence-electron chi connectivity index (χ2n) is 7.79. The van der Waals surface area contributed by atoms with Gasteiger partial charge >= 0.3 is 0 Å². The van der Waals surface area contributed by atoms with Gasteiger partial charge in [0.05, 0.1) is 24.1 Å². The van der Waals surface area contributed by atoms with Crippen molar-refractivity contribution in [1.29, 1.82) is 0 Å². The van der Waals surface area contributed by atoms with Gasteiger partial charge in [-0.3, -0.25) is 4.98 Å². The molecule has 7 nitrogen and oxygen atoms in total. The van der Waals surface area contributed by atoms with E-state index in [2.05, 4.69) is 28.5 Å². The Morgan fingerprint density at radius 2 is 2.00 bits per heavy atom. The van der Waals surface area contributed by atoms with Crippen molar-refractivity contribution in [3.8, 4) is 11.3 Å². The van der Waals surface area contributed by atoms with Crippen LogP contribution >= 0.6 is 0 Å². The molecule has 0 aromatic carbocycles. The van der Waals surface area contributed by atoms with Gasteiger partial charge in [0.25, 0.3) is 0 Å². The summed E-state index contributed by atoms with van der Waals surface area (Å²) in [6.07, 6.45) is 6.53. The number of nitrogens with zero attached hydrogens (tertiary/aromatic N) is 4. The van der Waals surface area contributed by atoms with Crippen LogP contribution in [0.2, 0.25) is 0 Å². The largest absolute Gasteiger partial charge is 0.500 e. The molecule has 152 valence electrons. The summed E-state index contributed by atoms with van der Waals surface area (Å²) in [5.41, 5.74) is 8.16. The number of anilines is 1. The second-order valence-corrected chi connectivity index (χ2v) is 7.79. The third-order valence-corrected chi connectivity index (χ3v) is 5.86. The zero-order chi connectivity index (χ0) is 21.0. The number of aromatic nitrogens is 4. The van der Waals surface area contributed by atoms with E-state index in [9.17, 15) is 0 Å². The molecule has 0 radical (unpaired) electrons. The maximum absolute atomic E-state index is 5.84. The number of allylic oxidation sites excluding steroid dienone is 4. The lowest BCUT2D eigenvalue weighted by Crippen LogP contribution is -2.11. The Bertz CT molecular complexity index is 1220. The van der Waals surface area contributed by atoms with Gasteiger partial charge in [-0.25, -0.2) is 9.97 Å². The summed E-state index contributed by atoms with van der Waals surface area (Å²) in [7, 11) is 1.72. The smallest absolute Gasteiger partial charge is 0.141 e. The van der Waals surface area contributed by atoms with Crippen LogP contribution in [-0.2, 0) is 4.74 Å². The van der Waals surface area contributed by atoms with E-state index in [-0.39, 0.29) is 5.92 Å². The Labute approximate surface area is 174 Å². The third-order valence-electron chi connectivity index (χ3n) is 5.86. The maximum Gasteiger partial charge on any atom is 0.141 e. The highest BCUT2D eigenvalue weighted by molar-refractivity contribution is 5.85. The number of hydrogen-bond acceptors (Lipinski definition) is 7. The average Bonchev–Trinajstić information content (AvgIpc) is 3.25. The first-order chi connectivity index (χ1) is 14.5. The minimum atomic E-state index is 0.0994. The second kappa shape index (κ2) is 6.79. The molecule has 0 spiro atoms. The van der Waals surface area contributed by atoms with Crippen molar-refractivity contribution in [3.63, 3.8) is 0 Å². The maximum atomic E-state index is 5.84. The van der Waals surface area contributed by atoms with Crippen LogP contribution in [0.3, 0.4) is 0 Å². The van der Waals surface area contributed by atoms with Crippen molar-refractivity contribution in [1.82, 2.24) is 20.1 Å². The van der Waals surface area contributed by atoms with Crippen molar-refractivity contribution in [2.45, 2.75) is 40.0 Å². The Morgan fingerprint density at radius 3 is 2.70 bits per heavy atom. The Hall–Kier alpha value is -3.48. The molecule has 3 aromatic heterocycles. The van der Waals surface area contributed by atoms with E-state index in [1.165, 1.54) is 0 Å². The molecule has 0 amide bonds. The molecule has 1 atom stereocenters. The summed E-state index contributed by atoms with van der Waals surface area (Å²) in [4.78, 5) is 13.8. The van der Waals surface area contributed by atoms with E-state index >= 15 is 0 Å². The number of ether oxygens (including phenoxy) is 1. The lowest BCUT2D eigenvalue weighted by molar-refractivity contribution is 0.274. The van der Waals surface area contributed by atoms with Gasteiger partial charge < -0.3 is 14.6 Å². The molecule has 4 heterocycles.